The Morgan fingerprint density at radius 2 is 2.38 bits per heavy atom. The maximum Gasteiger partial charge on any atom is 0.223 e. The van der Waals surface area contributed by atoms with Crippen molar-refractivity contribution < 1.29 is 4.52 Å². The van der Waals surface area contributed by atoms with Crippen LogP contribution in [0, 0.1) is 18.3 Å². The molecule has 0 aliphatic heterocycles. The van der Waals surface area contributed by atoms with Crippen molar-refractivity contribution in [2.24, 2.45) is 0 Å². The fourth-order valence-corrected chi connectivity index (χ4v) is 1.29. The molecule has 0 saturated heterocycles. The molecule has 2 rings (SSSR count). The van der Waals surface area contributed by atoms with E-state index in [0.717, 1.165) is 5.69 Å². The van der Waals surface area contributed by atoms with E-state index in [-0.39, 0.29) is 0 Å². The molecule has 0 spiro atoms. The summed E-state index contributed by atoms with van der Waals surface area (Å²) in [5.41, 5.74) is 1.48. The number of benzene rings is 1. The van der Waals surface area contributed by atoms with Crippen molar-refractivity contribution in [3.05, 3.63) is 41.5 Å². The summed E-state index contributed by atoms with van der Waals surface area (Å²) in [7, 11) is 0. The maximum atomic E-state index is 8.73. The average molecular weight is 214 g/mol. The fraction of sp³-hybridized carbons (Fsp3) is 0.182. The molecular formula is C11H10N4O. The average Bonchev–Trinajstić information content (AvgIpc) is 2.73. The van der Waals surface area contributed by atoms with Crippen molar-refractivity contribution in [3.63, 3.8) is 0 Å². The predicted molar refractivity (Wildman–Crippen MR) is 57.5 cm³/mol. The van der Waals surface area contributed by atoms with Crippen LogP contribution < -0.4 is 5.32 Å². The lowest BCUT2D eigenvalue weighted by molar-refractivity contribution is 0.388. The van der Waals surface area contributed by atoms with Gasteiger partial charge in [0.15, 0.2) is 5.82 Å². The van der Waals surface area contributed by atoms with Gasteiger partial charge in [0.05, 0.1) is 18.2 Å². The van der Waals surface area contributed by atoms with Crippen LogP contribution in [-0.2, 0) is 6.54 Å². The summed E-state index contributed by atoms with van der Waals surface area (Å²) in [5.74, 6) is 1.14. The van der Waals surface area contributed by atoms with Gasteiger partial charge in [-0.25, -0.2) is 0 Å². The van der Waals surface area contributed by atoms with Gasteiger partial charge in [-0.1, -0.05) is 11.2 Å². The van der Waals surface area contributed by atoms with Crippen LogP contribution in [-0.4, -0.2) is 10.1 Å². The van der Waals surface area contributed by atoms with E-state index in [2.05, 4.69) is 21.5 Å². The SMILES string of the molecule is Cc1nc(CNc2cccc(C#N)c2)no1. The number of aryl methyl sites for hydroxylation is 1. The summed E-state index contributed by atoms with van der Waals surface area (Å²) in [6.07, 6.45) is 0. The molecule has 0 amide bonds. The van der Waals surface area contributed by atoms with Gasteiger partial charge in [0, 0.05) is 12.6 Å². The van der Waals surface area contributed by atoms with E-state index in [1.807, 2.05) is 12.1 Å². The Bertz CT molecular complexity index is 527. The van der Waals surface area contributed by atoms with E-state index < -0.39 is 0 Å². The lowest BCUT2D eigenvalue weighted by Crippen LogP contribution is -2.01. The first-order chi connectivity index (χ1) is 7.78. The standard InChI is InChI=1S/C11H10N4O/c1-8-14-11(15-16-8)7-13-10-4-2-3-9(5-10)6-12/h2-5,13H,7H2,1H3. The van der Waals surface area contributed by atoms with Crippen LogP contribution in [0.2, 0.25) is 0 Å². The number of rotatable bonds is 3. The van der Waals surface area contributed by atoms with Crippen LogP contribution in [0.15, 0.2) is 28.8 Å². The van der Waals surface area contributed by atoms with E-state index >= 15 is 0 Å². The van der Waals surface area contributed by atoms with Crippen molar-refractivity contribution in [2.45, 2.75) is 13.5 Å². The molecule has 0 atom stereocenters. The first kappa shape index (κ1) is 10.2. The first-order valence-electron chi connectivity index (χ1n) is 4.81. The van der Waals surface area contributed by atoms with Gasteiger partial charge in [-0.15, -0.1) is 0 Å². The Hall–Kier alpha value is -2.35. The summed E-state index contributed by atoms with van der Waals surface area (Å²) in [4.78, 5) is 4.06. The number of anilines is 1. The Morgan fingerprint density at radius 1 is 1.50 bits per heavy atom. The van der Waals surface area contributed by atoms with E-state index in [9.17, 15) is 0 Å². The topological polar surface area (TPSA) is 74.7 Å². The molecule has 16 heavy (non-hydrogen) atoms. The third-order valence-corrected chi connectivity index (χ3v) is 2.01. The van der Waals surface area contributed by atoms with Crippen molar-refractivity contribution in [2.75, 3.05) is 5.32 Å². The zero-order valence-electron chi connectivity index (χ0n) is 8.77. The van der Waals surface area contributed by atoms with Crippen LogP contribution in [0.3, 0.4) is 0 Å². The van der Waals surface area contributed by atoms with E-state index in [1.165, 1.54) is 0 Å². The summed E-state index contributed by atoms with van der Waals surface area (Å²) >= 11 is 0. The van der Waals surface area contributed by atoms with Crippen molar-refractivity contribution in [1.29, 1.82) is 5.26 Å². The molecule has 0 aliphatic carbocycles. The lowest BCUT2D eigenvalue weighted by Gasteiger charge is -2.02. The fourth-order valence-electron chi connectivity index (χ4n) is 1.29. The zero-order chi connectivity index (χ0) is 11.4. The zero-order valence-corrected chi connectivity index (χ0v) is 8.77. The smallest absolute Gasteiger partial charge is 0.223 e. The van der Waals surface area contributed by atoms with Gasteiger partial charge < -0.3 is 9.84 Å². The summed E-state index contributed by atoms with van der Waals surface area (Å²) in [5, 5.41) is 15.6. The first-order valence-corrected chi connectivity index (χ1v) is 4.81. The molecule has 0 bridgehead atoms. The maximum absolute atomic E-state index is 8.73. The van der Waals surface area contributed by atoms with Crippen molar-refractivity contribution in [1.82, 2.24) is 10.1 Å². The van der Waals surface area contributed by atoms with Gasteiger partial charge in [0.25, 0.3) is 0 Å². The molecule has 1 heterocycles. The molecule has 0 aliphatic rings. The van der Waals surface area contributed by atoms with E-state index in [1.54, 1.807) is 19.1 Å². The number of hydrogen-bond acceptors (Lipinski definition) is 5. The summed E-state index contributed by atoms with van der Waals surface area (Å²) in [6, 6.07) is 9.31. The second-order valence-electron chi connectivity index (χ2n) is 3.28. The van der Waals surface area contributed by atoms with Gasteiger partial charge in [-0.3, -0.25) is 0 Å². The molecular weight excluding hydrogens is 204 g/mol. The van der Waals surface area contributed by atoms with Gasteiger partial charge in [0.1, 0.15) is 0 Å². The van der Waals surface area contributed by atoms with Crippen LogP contribution in [0.4, 0.5) is 5.69 Å². The van der Waals surface area contributed by atoms with Gasteiger partial charge in [-0.2, -0.15) is 10.2 Å². The van der Waals surface area contributed by atoms with Crippen LogP contribution >= 0.6 is 0 Å². The van der Waals surface area contributed by atoms with Gasteiger partial charge in [-0.05, 0) is 18.2 Å². The molecule has 0 unspecified atom stereocenters. The molecule has 1 aromatic heterocycles. The molecule has 80 valence electrons. The molecule has 0 saturated carbocycles. The monoisotopic (exact) mass is 214 g/mol. The molecule has 5 nitrogen and oxygen atoms in total. The normalized spacial score (nSPS) is 9.75. The lowest BCUT2D eigenvalue weighted by atomic mass is 10.2. The minimum absolute atomic E-state index is 0.478. The van der Waals surface area contributed by atoms with Gasteiger partial charge in [0.2, 0.25) is 5.89 Å². The Kier molecular flexibility index (Phi) is 2.83. The van der Waals surface area contributed by atoms with Gasteiger partial charge >= 0.3 is 0 Å². The predicted octanol–water partition coefficient (Wildman–Crippen LogP) is 1.86. The number of aromatic nitrogens is 2. The number of nitrogens with one attached hydrogen (secondary N) is 1. The highest BCUT2D eigenvalue weighted by Crippen LogP contribution is 2.10. The minimum atomic E-state index is 0.478. The van der Waals surface area contributed by atoms with Crippen molar-refractivity contribution in [3.8, 4) is 6.07 Å². The molecule has 2 aromatic rings. The third kappa shape index (κ3) is 2.36. The third-order valence-electron chi connectivity index (χ3n) is 2.01. The molecule has 1 aromatic carbocycles. The van der Waals surface area contributed by atoms with Crippen LogP contribution in [0.25, 0.3) is 0 Å². The van der Waals surface area contributed by atoms with Crippen LogP contribution in [0.1, 0.15) is 17.3 Å². The molecule has 0 radical (unpaired) electrons. The number of hydrogen-bond donors (Lipinski definition) is 1. The molecule has 0 fully saturated rings. The summed E-state index contributed by atoms with van der Waals surface area (Å²) < 4.78 is 4.84. The quantitative estimate of drug-likeness (QED) is 0.844. The van der Waals surface area contributed by atoms with Crippen molar-refractivity contribution >= 4 is 5.69 Å². The van der Waals surface area contributed by atoms with E-state index in [4.69, 9.17) is 9.78 Å². The highest BCUT2D eigenvalue weighted by atomic mass is 16.5. The number of nitriles is 1. The van der Waals surface area contributed by atoms with Crippen LogP contribution in [0.5, 0.6) is 0 Å². The summed E-state index contributed by atoms with van der Waals surface area (Å²) in [6.45, 7) is 2.22. The highest BCUT2D eigenvalue weighted by molar-refractivity contribution is 5.49. The van der Waals surface area contributed by atoms with E-state index in [0.29, 0.717) is 23.8 Å². The number of nitrogens with zero attached hydrogens (tertiary/aromatic N) is 3. The molecule has 5 heteroatoms. The second kappa shape index (κ2) is 4.45. The Balaban J connectivity index is 2.02. The second-order valence-corrected chi connectivity index (χ2v) is 3.28. The molecule has 1 N–H and O–H groups in total. The Morgan fingerprint density at radius 3 is 3.06 bits per heavy atom. The highest BCUT2D eigenvalue weighted by Gasteiger charge is 2.01. The minimum Gasteiger partial charge on any atom is -0.378 e. The largest absolute Gasteiger partial charge is 0.378 e. The Labute approximate surface area is 92.7 Å².